The first-order chi connectivity index (χ1) is 12.0. The Labute approximate surface area is 155 Å². The zero-order valence-corrected chi connectivity index (χ0v) is 16.0. The van der Waals surface area contributed by atoms with E-state index in [0.717, 1.165) is 15.9 Å². The van der Waals surface area contributed by atoms with Gasteiger partial charge in [0.15, 0.2) is 22.3 Å². The second-order valence-corrected chi connectivity index (χ2v) is 7.71. The number of aromatic nitrogens is 3. The molecule has 1 aliphatic heterocycles. The fourth-order valence-corrected chi connectivity index (χ4v) is 4.24. The largest absolute Gasteiger partial charge is 0.486 e. The number of aromatic amines is 1. The predicted molar refractivity (Wildman–Crippen MR) is 98.9 cm³/mol. The normalized spacial score (nSPS) is 13.4. The van der Waals surface area contributed by atoms with Crippen molar-refractivity contribution in [3.63, 3.8) is 0 Å². The Morgan fingerprint density at radius 3 is 2.72 bits per heavy atom. The lowest BCUT2D eigenvalue weighted by atomic mass is 10.1. The maximum Gasteiger partial charge on any atom is 0.279 e. The van der Waals surface area contributed by atoms with Gasteiger partial charge in [-0.25, -0.2) is 4.98 Å². The van der Waals surface area contributed by atoms with E-state index >= 15 is 0 Å². The Morgan fingerprint density at radius 2 is 2.04 bits per heavy atom. The van der Waals surface area contributed by atoms with E-state index < -0.39 is 0 Å². The van der Waals surface area contributed by atoms with Gasteiger partial charge in [0.1, 0.15) is 13.2 Å². The van der Waals surface area contributed by atoms with Crippen LogP contribution in [0.4, 0.5) is 5.13 Å². The maximum absolute atomic E-state index is 12.5. The number of nitrogens with one attached hydrogen (secondary N) is 2. The summed E-state index contributed by atoms with van der Waals surface area (Å²) in [5.74, 6) is 1.30. The summed E-state index contributed by atoms with van der Waals surface area (Å²) in [6, 6.07) is 3.72. The summed E-state index contributed by atoms with van der Waals surface area (Å²) in [5.41, 5.74) is 1.96. The summed E-state index contributed by atoms with van der Waals surface area (Å²) >= 11 is 4.82. The third-order valence-electron chi connectivity index (χ3n) is 3.80. The van der Waals surface area contributed by atoms with E-state index in [1.54, 1.807) is 0 Å². The lowest BCUT2D eigenvalue weighted by Gasteiger charge is -2.17. The summed E-state index contributed by atoms with van der Waals surface area (Å²) in [6.07, 6.45) is 0. The minimum absolute atomic E-state index is 0.234. The van der Waals surface area contributed by atoms with Crippen molar-refractivity contribution < 1.29 is 14.3 Å². The highest BCUT2D eigenvalue weighted by atomic mass is 79.9. The third kappa shape index (κ3) is 2.98. The number of H-pyrrole nitrogens is 1. The average molecular weight is 423 g/mol. The first-order valence-corrected chi connectivity index (χ1v) is 9.39. The fraction of sp³-hybridized carbons (Fsp3) is 0.312. The number of halogens is 1. The molecule has 0 saturated carbocycles. The van der Waals surface area contributed by atoms with Gasteiger partial charge in [-0.2, -0.15) is 5.10 Å². The smallest absolute Gasteiger partial charge is 0.279 e. The summed E-state index contributed by atoms with van der Waals surface area (Å²) in [6.45, 7) is 5.11. The standard InChI is InChI=1S/C16H15BrN4O3S/c1-7(2)13-12(17)14(21-20-13)15(22)19-16-18-8-5-9-10(6-11(8)25-16)24-4-3-23-9/h5-7H,3-4H2,1-2H3,(H,20,21)(H,18,19,22). The molecule has 1 amide bonds. The van der Waals surface area contributed by atoms with Crippen LogP contribution in [0, 0.1) is 0 Å². The monoisotopic (exact) mass is 422 g/mol. The van der Waals surface area contributed by atoms with Gasteiger partial charge in [0.2, 0.25) is 0 Å². The molecule has 7 nitrogen and oxygen atoms in total. The van der Waals surface area contributed by atoms with Crippen molar-refractivity contribution in [2.24, 2.45) is 0 Å². The van der Waals surface area contributed by atoms with Gasteiger partial charge in [-0.1, -0.05) is 25.2 Å². The van der Waals surface area contributed by atoms with Crippen molar-refractivity contribution in [2.45, 2.75) is 19.8 Å². The first-order valence-electron chi connectivity index (χ1n) is 7.78. The second kappa shape index (κ2) is 6.30. The SMILES string of the molecule is CC(C)c1[nH]nc(C(=O)Nc2nc3cc4c(cc3s2)OCCO4)c1Br. The van der Waals surface area contributed by atoms with E-state index in [1.165, 1.54) is 11.3 Å². The molecule has 9 heteroatoms. The minimum Gasteiger partial charge on any atom is -0.486 e. The Kier molecular flexibility index (Phi) is 4.12. The van der Waals surface area contributed by atoms with Crippen LogP contribution in [0.3, 0.4) is 0 Å². The van der Waals surface area contributed by atoms with Crippen LogP contribution in [-0.4, -0.2) is 34.3 Å². The molecule has 130 valence electrons. The molecule has 0 fully saturated rings. The number of rotatable bonds is 3. The van der Waals surface area contributed by atoms with Gasteiger partial charge in [-0.15, -0.1) is 0 Å². The highest BCUT2D eigenvalue weighted by molar-refractivity contribution is 9.10. The van der Waals surface area contributed by atoms with Gasteiger partial charge >= 0.3 is 0 Å². The zero-order chi connectivity index (χ0) is 17.6. The van der Waals surface area contributed by atoms with Crippen LogP contribution in [-0.2, 0) is 0 Å². The van der Waals surface area contributed by atoms with E-state index in [4.69, 9.17) is 9.47 Å². The number of anilines is 1. The molecule has 1 aromatic carbocycles. The van der Waals surface area contributed by atoms with E-state index in [9.17, 15) is 4.79 Å². The molecule has 3 heterocycles. The molecule has 0 bridgehead atoms. The number of ether oxygens (including phenoxy) is 2. The average Bonchev–Trinajstić information content (AvgIpc) is 3.14. The molecule has 0 saturated heterocycles. The Balaban J connectivity index is 1.61. The zero-order valence-electron chi connectivity index (χ0n) is 13.6. The molecular formula is C16H15BrN4O3S. The Hall–Kier alpha value is -2.13. The Bertz CT molecular complexity index is 923. The lowest BCUT2D eigenvalue weighted by Crippen LogP contribution is -2.15. The molecular weight excluding hydrogens is 408 g/mol. The third-order valence-corrected chi connectivity index (χ3v) is 5.53. The number of thiazole rings is 1. The molecule has 3 aromatic rings. The summed E-state index contributed by atoms with van der Waals surface area (Å²) in [5, 5.41) is 10.3. The predicted octanol–water partition coefficient (Wildman–Crippen LogP) is 3.93. The number of carbonyl (C=O) groups excluding carboxylic acids is 1. The molecule has 1 aliphatic rings. The van der Waals surface area contributed by atoms with E-state index in [2.05, 4.69) is 36.4 Å². The molecule has 0 aliphatic carbocycles. The number of nitrogens with zero attached hydrogens (tertiary/aromatic N) is 2. The molecule has 0 spiro atoms. The van der Waals surface area contributed by atoms with Crippen LogP contribution < -0.4 is 14.8 Å². The highest BCUT2D eigenvalue weighted by Gasteiger charge is 2.21. The van der Waals surface area contributed by atoms with Crippen molar-refractivity contribution in [2.75, 3.05) is 18.5 Å². The number of benzene rings is 1. The molecule has 0 atom stereocenters. The number of carbonyl (C=O) groups is 1. The second-order valence-electron chi connectivity index (χ2n) is 5.89. The van der Waals surface area contributed by atoms with Crippen molar-refractivity contribution in [1.29, 1.82) is 0 Å². The van der Waals surface area contributed by atoms with Crippen molar-refractivity contribution in [3.8, 4) is 11.5 Å². The summed E-state index contributed by atoms with van der Waals surface area (Å²) < 4.78 is 12.7. The lowest BCUT2D eigenvalue weighted by molar-refractivity contribution is 0.102. The van der Waals surface area contributed by atoms with Gasteiger partial charge in [-0.3, -0.25) is 15.2 Å². The van der Waals surface area contributed by atoms with Gasteiger partial charge < -0.3 is 9.47 Å². The van der Waals surface area contributed by atoms with Crippen LogP contribution in [0.5, 0.6) is 11.5 Å². The molecule has 0 radical (unpaired) electrons. The van der Waals surface area contributed by atoms with Gasteiger partial charge in [-0.05, 0) is 21.8 Å². The summed E-state index contributed by atoms with van der Waals surface area (Å²) in [7, 11) is 0. The minimum atomic E-state index is -0.314. The number of fused-ring (bicyclic) bond motifs is 2. The quantitative estimate of drug-likeness (QED) is 0.667. The van der Waals surface area contributed by atoms with Gasteiger partial charge in [0, 0.05) is 12.1 Å². The Morgan fingerprint density at radius 1 is 1.32 bits per heavy atom. The van der Waals surface area contributed by atoms with E-state index in [1.807, 2.05) is 26.0 Å². The van der Waals surface area contributed by atoms with Gasteiger partial charge in [0.05, 0.1) is 20.4 Å². The van der Waals surface area contributed by atoms with Crippen LogP contribution in [0.2, 0.25) is 0 Å². The summed E-state index contributed by atoms with van der Waals surface area (Å²) in [4.78, 5) is 17.0. The van der Waals surface area contributed by atoms with E-state index in [0.29, 0.717) is 40.0 Å². The van der Waals surface area contributed by atoms with Crippen LogP contribution in [0.15, 0.2) is 16.6 Å². The van der Waals surface area contributed by atoms with Gasteiger partial charge in [0.25, 0.3) is 5.91 Å². The molecule has 25 heavy (non-hydrogen) atoms. The fourth-order valence-electron chi connectivity index (χ4n) is 2.55. The topological polar surface area (TPSA) is 89.1 Å². The van der Waals surface area contributed by atoms with Crippen molar-refractivity contribution in [1.82, 2.24) is 15.2 Å². The molecule has 2 N–H and O–H groups in total. The van der Waals surface area contributed by atoms with E-state index in [-0.39, 0.29) is 11.8 Å². The highest BCUT2D eigenvalue weighted by Crippen LogP contribution is 2.38. The maximum atomic E-state index is 12.5. The molecule has 4 rings (SSSR count). The molecule has 2 aromatic heterocycles. The first kappa shape index (κ1) is 16.3. The van der Waals surface area contributed by atoms with Crippen LogP contribution in [0.25, 0.3) is 10.2 Å². The van der Waals surface area contributed by atoms with Crippen LogP contribution in [0.1, 0.15) is 35.9 Å². The molecule has 0 unspecified atom stereocenters. The number of hydrogen-bond acceptors (Lipinski definition) is 6. The number of amides is 1. The number of hydrogen-bond donors (Lipinski definition) is 2. The van der Waals surface area contributed by atoms with Crippen molar-refractivity contribution >= 4 is 48.5 Å². The van der Waals surface area contributed by atoms with Crippen LogP contribution >= 0.6 is 27.3 Å². The van der Waals surface area contributed by atoms with Crippen molar-refractivity contribution in [3.05, 3.63) is 28.0 Å².